The lowest BCUT2D eigenvalue weighted by Crippen LogP contribution is -2.03. The molecule has 4 nitrogen and oxygen atoms in total. The Kier molecular flexibility index (Phi) is 3.83. The molecule has 0 saturated heterocycles. The zero-order valence-corrected chi connectivity index (χ0v) is 8.88. The monoisotopic (exact) mass is 213 g/mol. The Bertz CT molecular complexity index is 328. The summed E-state index contributed by atoms with van der Waals surface area (Å²) in [7, 11) is 0. The average Bonchev–Trinajstić information content (AvgIpc) is 2.10. The van der Waals surface area contributed by atoms with Gasteiger partial charge in [-0.15, -0.1) is 10.2 Å². The van der Waals surface area contributed by atoms with Crippen molar-refractivity contribution in [1.82, 2.24) is 10.2 Å². The maximum Gasteiger partial charge on any atom is 0.212 e. The third kappa shape index (κ3) is 2.96. The van der Waals surface area contributed by atoms with E-state index in [1.165, 1.54) is 0 Å². The number of carbonyl (C=O) groups is 1. The molecule has 0 fully saturated rings. The molecule has 0 spiro atoms. The Labute approximate surface area is 87.7 Å². The molecule has 0 radical (unpaired) electrons. The fourth-order valence-corrected chi connectivity index (χ4v) is 1.30. The minimum atomic E-state index is 0.398. The Hall–Kier alpha value is -1.16. The van der Waals surface area contributed by atoms with Crippen LogP contribution in [0.15, 0.2) is 6.07 Å². The van der Waals surface area contributed by atoms with Crippen LogP contribution in [-0.2, 0) is 11.2 Å². The van der Waals surface area contributed by atoms with Gasteiger partial charge in [0, 0.05) is 0 Å². The summed E-state index contributed by atoms with van der Waals surface area (Å²) in [6.45, 7) is 4.17. The lowest BCUT2D eigenvalue weighted by Gasteiger charge is -2.06. The summed E-state index contributed by atoms with van der Waals surface area (Å²) in [5.41, 5.74) is 0.904. The second kappa shape index (κ2) is 4.91. The van der Waals surface area contributed by atoms with Gasteiger partial charge in [-0.2, -0.15) is 0 Å². The van der Waals surface area contributed by atoms with Gasteiger partial charge in [-0.3, -0.25) is 4.79 Å². The third-order valence-corrected chi connectivity index (χ3v) is 1.97. The van der Waals surface area contributed by atoms with E-state index >= 15 is 0 Å². The Morgan fingerprint density at radius 2 is 2.29 bits per heavy atom. The molecule has 0 aliphatic rings. The summed E-state index contributed by atoms with van der Waals surface area (Å²) in [4.78, 5) is 10.2. The number of nitrogens with one attached hydrogen (secondary N) is 1. The van der Waals surface area contributed by atoms with Crippen LogP contribution in [-0.4, -0.2) is 16.6 Å². The molecule has 0 aliphatic carbocycles. The first-order valence-corrected chi connectivity index (χ1v) is 4.73. The zero-order chi connectivity index (χ0) is 10.6. The van der Waals surface area contributed by atoms with Crippen molar-refractivity contribution >= 4 is 23.8 Å². The van der Waals surface area contributed by atoms with Gasteiger partial charge >= 0.3 is 0 Å². The van der Waals surface area contributed by atoms with E-state index in [0.29, 0.717) is 23.3 Å². The highest BCUT2D eigenvalue weighted by Gasteiger charge is 2.06. The second-order valence-electron chi connectivity index (χ2n) is 3.41. The molecule has 0 saturated carbocycles. The van der Waals surface area contributed by atoms with Crippen LogP contribution in [0.2, 0.25) is 5.15 Å². The van der Waals surface area contributed by atoms with Gasteiger partial charge in [0.05, 0.1) is 0 Å². The Morgan fingerprint density at radius 1 is 1.57 bits per heavy atom. The van der Waals surface area contributed by atoms with Gasteiger partial charge in [-0.1, -0.05) is 25.4 Å². The van der Waals surface area contributed by atoms with E-state index in [4.69, 9.17) is 11.6 Å². The molecule has 0 aromatic carbocycles. The number of aromatic nitrogens is 2. The number of rotatable bonds is 4. The van der Waals surface area contributed by atoms with E-state index in [2.05, 4.69) is 29.4 Å². The van der Waals surface area contributed by atoms with Crippen molar-refractivity contribution in [2.75, 3.05) is 5.32 Å². The highest BCUT2D eigenvalue weighted by atomic mass is 35.5. The number of hydrogen-bond donors (Lipinski definition) is 1. The number of halogens is 1. The molecule has 1 rings (SSSR count). The normalized spacial score (nSPS) is 10.3. The number of carbonyl (C=O) groups excluding carboxylic acids is 1. The van der Waals surface area contributed by atoms with Gasteiger partial charge in [-0.25, -0.2) is 0 Å². The van der Waals surface area contributed by atoms with Crippen molar-refractivity contribution in [3.05, 3.63) is 16.8 Å². The number of hydrogen-bond acceptors (Lipinski definition) is 3. The lowest BCUT2D eigenvalue weighted by atomic mass is 10.1. The molecule has 1 heterocycles. The summed E-state index contributed by atoms with van der Waals surface area (Å²) in [5, 5.41) is 10.3. The van der Waals surface area contributed by atoms with E-state index in [1.807, 2.05) is 0 Å². The van der Waals surface area contributed by atoms with Gasteiger partial charge in [0.2, 0.25) is 6.41 Å². The molecule has 76 valence electrons. The lowest BCUT2D eigenvalue weighted by molar-refractivity contribution is -0.105. The first kappa shape index (κ1) is 10.9. The molecule has 1 N–H and O–H groups in total. The van der Waals surface area contributed by atoms with Crippen molar-refractivity contribution in [1.29, 1.82) is 0 Å². The average molecular weight is 214 g/mol. The predicted molar refractivity (Wildman–Crippen MR) is 55.3 cm³/mol. The standard InChI is InChI=1S/C9H12ClN3O/c1-6(2)3-7-4-8(11-5-14)12-13-9(7)10/h4-6H,3H2,1-2H3,(H,11,12,14). The van der Waals surface area contributed by atoms with E-state index in [1.54, 1.807) is 6.07 Å². The number of anilines is 1. The van der Waals surface area contributed by atoms with Crippen LogP contribution in [0.4, 0.5) is 5.82 Å². The topological polar surface area (TPSA) is 54.9 Å². The maximum absolute atomic E-state index is 10.2. The highest BCUT2D eigenvalue weighted by molar-refractivity contribution is 6.30. The van der Waals surface area contributed by atoms with Crippen molar-refractivity contribution in [2.24, 2.45) is 5.92 Å². The minimum Gasteiger partial charge on any atom is -0.312 e. The van der Waals surface area contributed by atoms with Crippen LogP contribution < -0.4 is 5.32 Å². The van der Waals surface area contributed by atoms with Crippen LogP contribution in [0.1, 0.15) is 19.4 Å². The first-order chi connectivity index (χ1) is 6.63. The summed E-state index contributed by atoms with van der Waals surface area (Å²) >= 11 is 5.85. The smallest absolute Gasteiger partial charge is 0.212 e. The fourth-order valence-electron chi connectivity index (χ4n) is 1.13. The number of amides is 1. The summed E-state index contributed by atoms with van der Waals surface area (Å²) in [5.74, 6) is 0.917. The molecule has 0 atom stereocenters. The van der Waals surface area contributed by atoms with Crippen LogP contribution in [0, 0.1) is 5.92 Å². The molecule has 14 heavy (non-hydrogen) atoms. The molecule has 0 bridgehead atoms. The Morgan fingerprint density at radius 3 is 2.86 bits per heavy atom. The largest absolute Gasteiger partial charge is 0.312 e. The van der Waals surface area contributed by atoms with Gasteiger partial charge in [0.1, 0.15) is 0 Å². The molecule has 5 heteroatoms. The van der Waals surface area contributed by atoms with Crippen LogP contribution in [0.25, 0.3) is 0 Å². The van der Waals surface area contributed by atoms with Crippen molar-refractivity contribution in [2.45, 2.75) is 20.3 Å². The van der Waals surface area contributed by atoms with E-state index in [-0.39, 0.29) is 0 Å². The second-order valence-corrected chi connectivity index (χ2v) is 3.76. The highest BCUT2D eigenvalue weighted by Crippen LogP contribution is 2.18. The quantitative estimate of drug-likeness (QED) is 0.778. The van der Waals surface area contributed by atoms with E-state index < -0.39 is 0 Å². The minimum absolute atomic E-state index is 0.398. The van der Waals surface area contributed by atoms with Gasteiger partial charge in [0.25, 0.3) is 0 Å². The zero-order valence-electron chi connectivity index (χ0n) is 8.12. The first-order valence-electron chi connectivity index (χ1n) is 4.35. The SMILES string of the molecule is CC(C)Cc1cc(NC=O)nnc1Cl. The summed E-state index contributed by atoms with van der Waals surface area (Å²) in [6, 6.07) is 1.74. The predicted octanol–water partition coefficient (Wildman–Crippen LogP) is 1.90. The molecule has 1 amide bonds. The molecule has 0 aliphatic heterocycles. The van der Waals surface area contributed by atoms with Crippen LogP contribution >= 0.6 is 11.6 Å². The molecular formula is C9H12ClN3O. The molecule has 1 aromatic rings. The third-order valence-electron chi connectivity index (χ3n) is 1.66. The molecule has 1 aromatic heterocycles. The fraction of sp³-hybridized carbons (Fsp3) is 0.444. The van der Waals surface area contributed by atoms with Gasteiger partial charge < -0.3 is 5.32 Å². The van der Waals surface area contributed by atoms with Gasteiger partial charge in [0.15, 0.2) is 11.0 Å². The van der Waals surface area contributed by atoms with E-state index in [0.717, 1.165) is 12.0 Å². The summed E-state index contributed by atoms with van der Waals surface area (Å²) in [6.07, 6.45) is 1.39. The van der Waals surface area contributed by atoms with Gasteiger partial charge in [-0.05, 0) is 24.0 Å². The summed E-state index contributed by atoms with van der Waals surface area (Å²) < 4.78 is 0. The number of nitrogens with zero attached hydrogens (tertiary/aromatic N) is 2. The van der Waals surface area contributed by atoms with E-state index in [9.17, 15) is 4.79 Å². The maximum atomic E-state index is 10.2. The Balaban J connectivity index is 2.89. The van der Waals surface area contributed by atoms with Crippen LogP contribution in [0.3, 0.4) is 0 Å². The van der Waals surface area contributed by atoms with Crippen molar-refractivity contribution < 1.29 is 4.79 Å². The van der Waals surface area contributed by atoms with Crippen molar-refractivity contribution in [3.8, 4) is 0 Å². The molecule has 0 unspecified atom stereocenters. The van der Waals surface area contributed by atoms with Crippen LogP contribution in [0.5, 0.6) is 0 Å². The van der Waals surface area contributed by atoms with Crippen molar-refractivity contribution in [3.63, 3.8) is 0 Å². The molecular weight excluding hydrogens is 202 g/mol.